The van der Waals surface area contributed by atoms with E-state index in [1.807, 2.05) is 42.5 Å². The number of ether oxygens (including phenoxy) is 1. The van der Waals surface area contributed by atoms with E-state index in [9.17, 15) is 4.79 Å². The molecule has 0 unspecified atom stereocenters. The molecule has 0 atom stereocenters. The van der Waals surface area contributed by atoms with E-state index in [-0.39, 0.29) is 5.63 Å². The molecule has 2 heterocycles. The number of aromatic nitrogens is 2. The molecular weight excluding hydrogens is 376 g/mol. The smallest absolute Gasteiger partial charge is 0.336 e. The summed E-state index contributed by atoms with van der Waals surface area (Å²) < 4.78 is 16.2. The van der Waals surface area contributed by atoms with Crippen LogP contribution in [0.15, 0.2) is 67.4 Å². The number of thioether (sulfide) groups is 1. The highest BCUT2D eigenvalue weighted by Gasteiger charge is 2.12. The normalized spacial score (nSPS) is 11.1. The summed E-state index contributed by atoms with van der Waals surface area (Å²) in [5.74, 6) is 1.73. The molecule has 0 aliphatic rings. The Morgan fingerprint density at radius 3 is 2.61 bits per heavy atom. The van der Waals surface area contributed by atoms with E-state index >= 15 is 0 Å². The van der Waals surface area contributed by atoms with Crippen LogP contribution in [0.1, 0.15) is 18.1 Å². The Labute approximate surface area is 165 Å². The first-order valence-electron chi connectivity index (χ1n) is 8.82. The van der Waals surface area contributed by atoms with E-state index in [0.29, 0.717) is 22.4 Å². The maximum atomic E-state index is 11.9. The topological polar surface area (TPSA) is 78.4 Å². The maximum absolute atomic E-state index is 11.9. The van der Waals surface area contributed by atoms with Crippen molar-refractivity contribution < 1.29 is 13.6 Å². The molecule has 7 heteroatoms. The van der Waals surface area contributed by atoms with E-state index in [2.05, 4.69) is 17.1 Å². The number of hydrogen-bond donors (Lipinski definition) is 0. The second-order valence-corrected chi connectivity index (χ2v) is 7.09. The number of nitrogens with zero attached hydrogens (tertiary/aromatic N) is 2. The van der Waals surface area contributed by atoms with Crippen molar-refractivity contribution in [3.63, 3.8) is 0 Å². The van der Waals surface area contributed by atoms with Crippen LogP contribution in [-0.2, 0) is 12.2 Å². The van der Waals surface area contributed by atoms with Gasteiger partial charge in [0.05, 0.1) is 7.11 Å². The number of methoxy groups -OCH3 is 1. The van der Waals surface area contributed by atoms with E-state index in [0.717, 1.165) is 34.2 Å². The fourth-order valence-corrected chi connectivity index (χ4v) is 3.63. The number of fused-ring (bicyclic) bond motifs is 1. The molecule has 0 saturated heterocycles. The summed E-state index contributed by atoms with van der Waals surface area (Å²) in [5.41, 5.74) is 3.07. The van der Waals surface area contributed by atoms with E-state index < -0.39 is 0 Å². The fraction of sp³-hybridized carbons (Fsp3) is 0.190. The van der Waals surface area contributed by atoms with Crippen molar-refractivity contribution >= 4 is 22.7 Å². The lowest BCUT2D eigenvalue weighted by atomic mass is 10.1. The average molecular weight is 394 g/mol. The van der Waals surface area contributed by atoms with Crippen LogP contribution < -0.4 is 10.4 Å². The van der Waals surface area contributed by atoms with Gasteiger partial charge in [0.15, 0.2) is 0 Å². The van der Waals surface area contributed by atoms with E-state index in [4.69, 9.17) is 13.6 Å². The minimum Gasteiger partial charge on any atom is -0.497 e. The summed E-state index contributed by atoms with van der Waals surface area (Å²) in [4.78, 5) is 11.9. The Hall–Kier alpha value is -3.06. The van der Waals surface area contributed by atoms with Crippen LogP contribution in [-0.4, -0.2) is 17.3 Å². The highest BCUT2D eigenvalue weighted by molar-refractivity contribution is 7.98. The third-order valence-corrected chi connectivity index (χ3v) is 5.26. The molecule has 6 nitrogen and oxygen atoms in total. The fourth-order valence-electron chi connectivity index (χ4n) is 2.87. The third-order valence-electron chi connectivity index (χ3n) is 4.40. The molecule has 28 heavy (non-hydrogen) atoms. The zero-order chi connectivity index (χ0) is 19.5. The second-order valence-electron chi connectivity index (χ2n) is 6.17. The molecule has 0 saturated carbocycles. The number of aryl methyl sites for hydroxylation is 1. The van der Waals surface area contributed by atoms with Crippen molar-refractivity contribution in [3.05, 3.63) is 70.1 Å². The Kier molecular flexibility index (Phi) is 5.16. The Bertz CT molecular complexity index is 1170. The van der Waals surface area contributed by atoms with Gasteiger partial charge in [-0.05, 0) is 47.9 Å². The van der Waals surface area contributed by atoms with Crippen molar-refractivity contribution in [2.75, 3.05) is 7.11 Å². The first-order chi connectivity index (χ1) is 13.7. The van der Waals surface area contributed by atoms with E-state index in [1.165, 1.54) is 17.8 Å². The lowest BCUT2D eigenvalue weighted by Crippen LogP contribution is -2.00. The molecule has 0 radical (unpaired) electrons. The largest absolute Gasteiger partial charge is 0.497 e. The summed E-state index contributed by atoms with van der Waals surface area (Å²) in [6.45, 7) is 2.06. The molecule has 142 valence electrons. The van der Waals surface area contributed by atoms with Gasteiger partial charge in [0.2, 0.25) is 5.89 Å². The van der Waals surface area contributed by atoms with Gasteiger partial charge in [-0.15, -0.1) is 10.2 Å². The molecule has 0 fully saturated rings. The van der Waals surface area contributed by atoms with Crippen LogP contribution in [0.4, 0.5) is 0 Å². The Morgan fingerprint density at radius 1 is 1.04 bits per heavy atom. The SMILES string of the molecule is CCc1ccc2c(CSc3nnc(-c4ccc(OC)cc4)o3)cc(=O)oc2c1. The summed E-state index contributed by atoms with van der Waals surface area (Å²) in [7, 11) is 1.62. The summed E-state index contributed by atoms with van der Waals surface area (Å²) in [6.07, 6.45) is 0.884. The Balaban J connectivity index is 1.55. The summed E-state index contributed by atoms with van der Waals surface area (Å²) in [6, 6.07) is 14.9. The van der Waals surface area contributed by atoms with Crippen LogP contribution in [0.2, 0.25) is 0 Å². The molecule has 4 rings (SSSR count). The average Bonchev–Trinajstić information content (AvgIpc) is 3.20. The predicted octanol–water partition coefficient (Wildman–Crippen LogP) is 4.71. The highest BCUT2D eigenvalue weighted by atomic mass is 32.2. The number of rotatable bonds is 6. The molecule has 0 amide bonds. The van der Waals surface area contributed by atoms with E-state index in [1.54, 1.807) is 7.11 Å². The van der Waals surface area contributed by atoms with Crippen molar-refractivity contribution in [1.82, 2.24) is 10.2 Å². The summed E-state index contributed by atoms with van der Waals surface area (Å²) >= 11 is 1.38. The van der Waals surface area contributed by atoms with Gasteiger partial charge in [0, 0.05) is 22.8 Å². The first-order valence-corrected chi connectivity index (χ1v) is 9.81. The van der Waals surface area contributed by atoms with Gasteiger partial charge in [-0.2, -0.15) is 0 Å². The lowest BCUT2D eigenvalue weighted by molar-refractivity contribution is 0.414. The molecule has 4 aromatic rings. The third kappa shape index (κ3) is 3.80. The van der Waals surface area contributed by atoms with Gasteiger partial charge in [-0.3, -0.25) is 0 Å². The van der Waals surface area contributed by atoms with Gasteiger partial charge in [0.1, 0.15) is 11.3 Å². The number of hydrogen-bond acceptors (Lipinski definition) is 7. The van der Waals surface area contributed by atoms with Gasteiger partial charge in [-0.1, -0.05) is 30.8 Å². The van der Waals surface area contributed by atoms with Crippen LogP contribution in [0.3, 0.4) is 0 Å². The zero-order valence-electron chi connectivity index (χ0n) is 15.5. The minimum absolute atomic E-state index is 0.360. The van der Waals surface area contributed by atoms with Gasteiger partial charge < -0.3 is 13.6 Å². The predicted molar refractivity (Wildman–Crippen MR) is 108 cm³/mol. The maximum Gasteiger partial charge on any atom is 0.336 e. The van der Waals surface area contributed by atoms with Crippen LogP contribution in [0.25, 0.3) is 22.4 Å². The Morgan fingerprint density at radius 2 is 1.86 bits per heavy atom. The zero-order valence-corrected chi connectivity index (χ0v) is 16.3. The quantitative estimate of drug-likeness (QED) is 0.346. The first kappa shape index (κ1) is 18.3. The van der Waals surface area contributed by atoms with Gasteiger partial charge >= 0.3 is 5.63 Å². The number of benzene rings is 2. The second kappa shape index (κ2) is 7.90. The molecule has 0 N–H and O–H groups in total. The molecular formula is C21H18N2O4S. The van der Waals surface area contributed by atoms with Crippen LogP contribution >= 0.6 is 11.8 Å². The minimum atomic E-state index is -0.360. The standard InChI is InChI=1S/C21H18N2O4S/c1-3-13-4-9-17-15(11-19(24)26-18(17)10-13)12-28-21-23-22-20(27-21)14-5-7-16(25-2)8-6-14/h4-11H,3,12H2,1-2H3. The van der Waals surface area contributed by atoms with Crippen molar-refractivity contribution in [3.8, 4) is 17.2 Å². The summed E-state index contributed by atoms with van der Waals surface area (Å²) in [5, 5.41) is 9.55. The highest BCUT2D eigenvalue weighted by Crippen LogP contribution is 2.29. The molecule has 0 bridgehead atoms. The van der Waals surface area contributed by atoms with Crippen LogP contribution in [0.5, 0.6) is 5.75 Å². The van der Waals surface area contributed by atoms with Gasteiger partial charge in [0.25, 0.3) is 5.22 Å². The van der Waals surface area contributed by atoms with Crippen molar-refractivity contribution in [2.45, 2.75) is 24.3 Å². The molecule has 0 aliphatic carbocycles. The monoisotopic (exact) mass is 394 g/mol. The van der Waals surface area contributed by atoms with Crippen molar-refractivity contribution in [1.29, 1.82) is 0 Å². The molecule has 2 aromatic carbocycles. The van der Waals surface area contributed by atoms with Crippen molar-refractivity contribution in [2.24, 2.45) is 0 Å². The van der Waals surface area contributed by atoms with Crippen LogP contribution in [0, 0.1) is 0 Å². The molecule has 0 spiro atoms. The lowest BCUT2D eigenvalue weighted by Gasteiger charge is -2.05. The molecule has 2 aromatic heterocycles. The molecule has 0 aliphatic heterocycles. The van der Waals surface area contributed by atoms with Gasteiger partial charge in [-0.25, -0.2) is 4.79 Å².